The van der Waals surface area contributed by atoms with Gasteiger partial charge in [-0.15, -0.1) is 0 Å². The number of aliphatic hydroxyl groups is 1. The fraction of sp³-hybridized carbons (Fsp3) is 0.407. The van der Waals surface area contributed by atoms with E-state index in [1.807, 2.05) is 31.2 Å². The molecule has 1 aliphatic rings. The topological polar surface area (TPSA) is 78.0 Å². The number of nitrogens with zero attached hydrogens (tertiary/aromatic N) is 1. The minimum Gasteiger partial charge on any atom is -0.396 e. The lowest BCUT2D eigenvalue weighted by atomic mass is 9.81. The Bertz CT molecular complexity index is 1050. The van der Waals surface area contributed by atoms with Crippen molar-refractivity contribution in [2.75, 3.05) is 6.61 Å². The van der Waals surface area contributed by atoms with Crippen LogP contribution in [-0.2, 0) is 6.42 Å². The number of aryl methyl sites for hydroxylation is 2. The summed E-state index contributed by atoms with van der Waals surface area (Å²) < 4.78 is 0. The van der Waals surface area contributed by atoms with Crippen molar-refractivity contribution in [3.05, 3.63) is 76.5 Å². The van der Waals surface area contributed by atoms with Crippen LogP contribution in [0.5, 0.6) is 0 Å². The Morgan fingerprint density at radius 3 is 2.56 bits per heavy atom. The number of amides is 1. The third kappa shape index (κ3) is 5.10. The average Bonchev–Trinajstić information content (AvgIpc) is 3.28. The highest BCUT2D eigenvalue weighted by atomic mass is 16.3. The number of carbonyl (C=O) groups is 1. The van der Waals surface area contributed by atoms with E-state index in [1.54, 1.807) is 0 Å². The number of aromatic amines is 1. The fourth-order valence-corrected chi connectivity index (χ4v) is 4.72. The van der Waals surface area contributed by atoms with Gasteiger partial charge in [-0.25, -0.2) is 0 Å². The molecule has 3 N–H and O–H groups in total. The van der Waals surface area contributed by atoms with Gasteiger partial charge in [0.2, 0.25) is 0 Å². The van der Waals surface area contributed by atoms with Crippen molar-refractivity contribution in [2.24, 2.45) is 5.92 Å². The van der Waals surface area contributed by atoms with Gasteiger partial charge in [0.05, 0.1) is 17.4 Å². The number of aliphatic hydroxyl groups excluding tert-OH is 1. The van der Waals surface area contributed by atoms with E-state index < -0.39 is 0 Å². The fourth-order valence-electron chi connectivity index (χ4n) is 4.72. The van der Waals surface area contributed by atoms with Crippen LogP contribution in [-0.4, -0.2) is 27.8 Å². The lowest BCUT2D eigenvalue weighted by molar-refractivity contribution is 0.0912. The Morgan fingerprint density at radius 2 is 1.84 bits per heavy atom. The first-order valence-electron chi connectivity index (χ1n) is 11.7. The van der Waals surface area contributed by atoms with Gasteiger partial charge in [-0.3, -0.25) is 9.89 Å². The Morgan fingerprint density at radius 1 is 1.09 bits per heavy atom. The standard InChI is InChI=1S/C27H33N3O2/c1-18-8-11-21(12-9-18)26(20-6-4-3-5-7-20)28-27(32)24-16-22(13-10-19(24)2)25-17-23(14-15-31)29-30-25/h8-13,16-17,20,26,31H,3-7,14-15H2,1-2H3,(H,28,32)(H,29,30). The Balaban J connectivity index is 1.60. The summed E-state index contributed by atoms with van der Waals surface area (Å²) in [4.78, 5) is 13.5. The number of hydrogen-bond donors (Lipinski definition) is 3. The molecule has 5 nitrogen and oxygen atoms in total. The van der Waals surface area contributed by atoms with Gasteiger partial charge in [0.1, 0.15) is 0 Å². The molecule has 1 saturated carbocycles. The molecule has 32 heavy (non-hydrogen) atoms. The third-order valence-electron chi connectivity index (χ3n) is 6.64. The van der Waals surface area contributed by atoms with Crippen molar-refractivity contribution in [3.8, 4) is 11.3 Å². The van der Waals surface area contributed by atoms with Crippen molar-refractivity contribution in [1.29, 1.82) is 0 Å². The molecule has 1 heterocycles. The van der Waals surface area contributed by atoms with Crippen molar-refractivity contribution in [1.82, 2.24) is 15.5 Å². The van der Waals surface area contributed by atoms with Gasteiger partial charge in [0.15, 0.2) is 0 Å². The van der Waals surface area contributed by atoms with Crippen LogP contribution < -0.4 is 5.32 Å². The maximum Gasteiger partial charge on any atom is 0.252 e. The van der Waals surface area contributed by atoms with Crippen molar-refractivity contribution < 1.29 is 9.90 Å². The summed E-state index contributed by atoms with van der Waals surface area (Å²) in [6.07, 6.45) is 6.56. The van der Waals surface area contributed by atoms with Gasteiger partial charge in [-0.05, 0) is 55.9 Å². The summed E-state index contributed by atoms with van der Waals surface area (Å²) in [6.45, 7) is 4.13. The first kappa shape index (κ1) is 22.3. The summed E-state index contributed by atoms with van der Waals surface area (Å²) in [7, 11) is 0. The minimum atomic E-state index is -0.0319. The zero-order valence-corrected chi connectivity index (χ0v) is 19.0. The van der Waals surface area contributed by atoms with Gasteiger partial charge in [-0.1, -0.05) is 61.2 Å². The van der Waals surface area contributed by atoms with Crippen LogP contribution in [0.3, 0.4) is 0 Å². The van der Waals surface area contributed by atoms with Gasteiger partial charge < -0.3 is 10.4 Å². The second kappa shape index (κ2) is 10.1. The lowest BCUT2D eigenvalue weighted by Crippen LogP contribution is -2.34. The molecule has 0 spiro atoms. The number of nitrogens with one attached hydrogen (secondary N) is 2. The first-order valence-corrected chi connectivity index (χ1v) is 11.7. The molecule has 0 saturated heterocycles. The third-order valence-corrected chi connectivity index (χ3v) is 6.64. The van der Waals surface area contributed by atoms with Crippen LogP contribution in [0.15, 0.2) is 48.5 Å². The van der Waals surface area contributed by atoms with Gasteiger partial charge >= 0.3 is 0 Å². The summed E-state index contributed by atoms with van der Waals surface area (Å²) in [5.41, 5.74) is 6.64. The van der Waals surface area contributed by atoms with E-state index >= 15 is 0 Å². The predicted molar refractivity (Wildman–Crippen MR) is 128 cm³/mol. The molecule has 0 radical (unpaired) electrons. The quantitative estimate of drug-likeness (QED) is 0.476. The molecule has 5 heteroatoms. The van der Waals surface area contributed by atoms with Crippen molar-refractivity contribution >= 4 is 5.91 Å². The van der Waals surface area contributed by atoms with E-state index in [1.165, 1.54) is 30.4 Å². The van der Waals surface area contributed by atoms with Crippen LogP contribution in [0.25, 0.3) is 11.3 Å². The molecule has 3 aromatic rings. The maximum atomic E-state index is 13.5. The zero-order valence-electron chi connectivity index (χ0n) is 19.0. The smallest absolute Gasteiger partial charge is 0.252 e. The van der Waals surface area contributed by atoms with E-state index in [-0.39, 0.29) is 18.6 Å². The summed E-state index contributed by atoms with van der Waals surface area (Å²) in [5.74, 6) is 0.433. The summed E-state index contributed by atoms with van der Waals surface area (Å²) in [5, 5.41) is 19.8. The molecular weight excluding hydrogens is 398 g/mol. The number of benzene rings is 2. The summed E-state index contributed by atoms with van der Waals surface area (Å²) >= 11 is 0. The van der Waals surface area contributed by atoms with Crippen molar-refractivity contribution in [2.45, 2.75) is 58.4 Å². The second-order valence-electron chi connectivity index (χ2n) is 9.04. The predicted octanol–water partition coefficient (Wildman–Crippen LogP) is 5.28. The summed E-state index contributed by atoms with van der Waals surface area (Å²) in [6, 6.07) is 16.5. The van der Waals surface area contributed by atoms with Gasteiger partial charge in [0, 0.05) is 24.2 Å². The van der Waals surface area contributed by atoms with Crippen LogP contribution in [0.1, 0.15) is 70.9 Å². The number of carbonyl (C=O) groups excluding carboxylic acids is 1. The number of hydrogen-bond acceptors (Lipinski definition) is 3. The van der Waals surface area contributed by atoms with E-state index in [4.69, 9.17) is 5.11 Å². The molecule has 4 rings (SSSR count). The molecule has 0 bridgehead atoms. The van der Waals surface area contributed by atoms with E-state index in [2.05, 4.69) is 46.7 Å². The lowest BCUT2D eigenvalue weighted by Gasteiger charge is -2.31. The molecule has 1 aliphatic carbocycles. The second-order valence-corrected chi connectivity index (χ2v) is 9.04. The van der Waals surface area contributed by atoms with Crippen LogP contribution in [0.2, 0.25) is 0 Å². The molecule has 1 atom stereocenters. The highest BCUT2D eigenvalue weighted by Gasteiger charge is 2.27. The molecule has 168 valence electrons. The van der Waals surface area contributed by atoms with Crippen LogP contribution in [0, 0.1) is 19.8 Å². The normalized spacial score (nSPS) is 15.5. The van der Waals surface area contributed by atoms with E-state index in [9.17, 15) is 4.79 Å². The van der Waals surface area contributed by atoms with E-state index in [0.717, 1.165) is 35.4 Å². The van der Waals surface area contributed by atoms with Gasteiger partial charge in [0.25, 0.3) is 5.91 Å². The number of aromatic nitrogens is 2. The highest BCUT2D eigenvalue weighted by Crippen LogP contribution is 2.35. The molecule has 0 aliphatic heterocycles. The number of rotatable bonds is 7. The maximum absolute atomic E-state index is 13.5. The molecule has 1 amide bonds. The Kier molecular flexibility index (Phi) is 7.05. The molecule has 1 fully saturated rings. The van der Waals surface area contributed by atoms with Crippen molar-refractivity contribution in [3.63, 3.8) is 0 Å². The molecule has 2 aromatic carbocycles. The largest absolute Gasteiger partial charge is 0.396 e. The Labute approximate surface area is 190 Å². The van der Waals surface area contributed by atoms with Crippen LogP contribution >= 0.6 is 0 Å². The first-order chi connectivity index (χ1) is 15.5. The highest BCUT2D eigenvalue weighted by molar-refractivity contribution is 5.97. The Hall–Kier alpha value is -2.92. The van der Waals surface area contributed by atoms with Crippen LogP contribution in [0.4, 0.5) is 0 Å². The van der Waals surface area contributed by atoms with Gasteiger partial charge in [-0.2, -0.15) is 5.10 Å². The minimum absolute atomic E-state index is 0.0229. The monoisotopic (exact) mass is 431 g/mol. The molecule has 1 unspecified atom stereocenters. The number of H-pyrrole nitrogens is 1. The molecular formula is C27H33N3O2. The molecule has 1 aromatic heterocycles. The van der Waals surface area contributed by atoms with E-state index in [0.29, 0.717) is 17.9 Å². The average molecular weight is 432 g/mol. The SMILES string of the molecule is Cc1ccc(C(NC(=O)c2cc(-c3cc(CCO)n[nH]3)ccc2C)C2CCCCC2)cc1. The zero-order chi connectivity index (χ0) is 22.5.